The Morgan fingerprint density at radius 3 is 1.75 bits per heavy atom. The number of rotatable bonds is 4. The summed E-state index contributed by atoms with van der Waals surface area (Å²) in [7, 11) is 0. The second-order valence-corrected chi connectivity index (χ2v) is 7.03. The molecule has 0 aliphatic heterocycles. The zero-order chi connectivity index (χ0) is 20.4. The summed E-state index contributed by atoms with van der Waals surface area (Å²) in [6, 6.07) is 17.4. The summed E-state index contributed by atoms with van der Waals surface area (Å²) >= 11 is 0. The van der Waals surface area contributed by atoms with Crippen molar-refractivity contribution < 1.29 is 9.59 Å². The van der Waals surface area contributed by atoms with Gasteiger partial charge in [-0.05, 0) is 49.8 Å². The molecule has 0 spiro atoms. The smallest absolute Gasteiger partial charge is 0.253 e. The van der Waals surface area contributed by atoms with Gasteiger partial charge in [0.15, 0.2) is 5.66 Å². The van der Waals surface area contributed by atoms with E-state index in [-0.39, 0.29) is 11.8 Å². The maximum Gasteiger partial charge on any atom is 0.253 e. The molecule has 2 aromatic rings. The lowest BCUT2D eigenvalue weighted by Crippen LogP contribution is -2.80. The fourth-order valence-electron chi connectivity index (χ4n) is 3.32. The molecular weight excluding hydrogens is 352 g/mol. The quantitative estimate of drug-likeness (QED) is 0.612. The molecule has 0 saturated carbocycles. The molecule has 1 aliphatic rings. The van der Waals surface area contributed by atoms with E-state index in [1.807, 2.05) is 25.1 Å². The van der Waals surface area contributed by atoms with Crippen molar-refractivity contribution in [2.45, 2.75) is 25.2 Å². The fraction of sp³-hybridized carbons (Fsp3) is 0.182. The second-order valence-electron chi connectivity index (χ2n) is 7.03. The van der Waals surface area contributed by atoms with Gasteiger partial charge in [0.2, 0.25) is 0 Å². The van der Waals surface area contributed by atoms with Crippen molar-refractivity contribution in [3.8, 4) is 0 Å². The normalized spacial score (nSPS) is 24.0. The van der Waals surface area contributed by atoms with Gasteiger partial charge in [-0.2, -0.15) is 0 Å². The molecule has 0 radical (unpaired) electrons. The summed E-state index contributed by atoms with van der Waals surface area (Å²) in [5, 5.41) is 5.62. The van der Waals surface area contributed by atoms with Gasteiger partial charge in [-0.1, -0.05) is 48.0 Å². The van der Waals surface area contributed by atoms with E-state index in [2.05, 4.69) is 10.6 Å². The third-order valence-corrected chi connectivity index (χ3v) is 4.88. The predicted octanol–water partition coefficient (Wildman–Crippen LogP) is 2.06. The minimum absolute atomic E-state index is 0.382. The number of benzene rings is 2. The van der Waals surface area contributed by atoms with E-state index in [1.54, 1.807) is 61.5 Å². The van der Waals surface area contributed by atoms with Crippen LogP contribution in [0.5, 0.6) is 0 Å². The number of hydrogen-bond acceptors (Lipinski definition) is 4. The highest BCUT2D eigenvalue weighted by molar-refractivity contribution is 5.96. The van der Waals surface area contributed by atoms with Gasteiger partial charge >= 0.3 is 0 Å². The van der Waals surface area contributed by atoms with Crippen molar-refractivity contribution in [2.75, 3.05) is 0 Å². The maximum atomic E-state index is 12.8. The molecule has 0 fully saturated rings. The Balaban J connectivity index is 1.95. The van der Waals surface area contributed by atoms with Crippen LogP contribution in [-0.4, -0.2) is 23.1 Å². The first-order valence-corrected chi connectivity index (χ1v) is 8.96. The predicted molar refractivity (Wildman–Crippen MR) is 109 cm³/mol. The van der Waals surface area contributed by atoms with Crippen LogP contribution < -0.4 is 22.1 Å². The fourth-order valence-corrected chi connectivity index (χ4v) is 3.32. The Hall–Kier alpha value is -3.22. The van der Waals surface area contributed by atoms with Crippen molar-refractivity contribution in [3.05, 3.63) is 95.1 Å². The van der Waals surface area contributed by atoms with Crippen molar-refractivity contribution >= 4 is 11.8 Å². The van der Waals surface area contributed by atoms with Gasteiger partial charge in [0.25, 0.3) is 11.8 Å². The summed E-state index contributed by atoms with van der Waals surface area (Å²) in [5.74, 6) is -0.766. The molecule has 3 rings (SSSR count). The molecule has 0 heterocycles. The molecule has 2 aromatic carbocycles. The number of carbonyl (C=O) groups excluding carboxylic acids is 2. The average Bonchev–Trinajstić information content (AvgIpc) is 2.67. The molecule has 0 saturated heterocycles. The third kappa shape index (κ3) is 3.60. The van der Waals surface area contributed by atoms with Gasteiger partial charge < -0.3 is 22.1 Å². The van der Waals surface area contributed by atoms with Crippen LogP contribution in [0.1, 0.15) is 34.6 Å². The standard InChI is InChI=1S/C22H24N4O2/c1-15-13-16(2)22(24,26-20(28)18-11-7-4-8-12-18)21(23,14-15)25-19(27)17-9-5-3-6-10-17/h3-14H,23-24H2,1-2H3,(H,25,27)(H,26,28). The first-order valence-electron chi connectivity index (χ1n) is 8.96. The van der Waals surface area contributed by atoms with E-state index < -0.39 is 11.3 Å². The van der Waals surface area contributed by atoms with Crippen molar-refractivity contribution in [3.63, 3.8) is 0 Å². The molecule has 0 bridgehead atoms. The highest BCUT2D eigenvalue weighted by atomic mass is 16.2. The lowest BCUT2D eigenvalue weighted by molar-refractivity contribution is 0.0790. The Bertz CT molecular complexity index is 953. The summed E-state index contributed by atoms with van der Waals surface area (Å²) in [4.78, 5) is 25.5. The number of nitrogens with two attached hydrogens (primary N) is 2. The zero-order valence-electron chi connectivity index (χ0n) is 15.9. The lowest BCUT2D eigenvalue weighted by atomic mass is 9.80. The number of allylic oxidation sites excluding steroid dienone is 2. The molecule has 2 amide bonds. The molecule has 2 atom stereocenters. The van der Waals surface area contributed by atoms with E-state index in [0.29, 0.717) is 16.7 Å². The Kier molecular flexibility index (Phi) is 5.18. The maximum absolute atomic E-state index is 12.8. The van der Waals surface area contributed by atoms with E-state index in [1.165, 1.54) is 0 Å². The largest absolute Gasteiger partial charge is 0.327 e. The molecule has 144 valence electrons. The van der Waals surface area contributed by atoms with Gasteiger partial charge in [0.05, 0.1) is 0 Å². The van der Waals surface area contributed by atoms with Gasteiger partial charge in [-0.3, -0.25) is 9.59 Å². The van der Waals surface area contributed by atoms with E-state index in [9.17, 15) is 9.59 Å². The SMILES string of the molecule is CC1=CC(N)(NC(=O)c2ccccc2)C(N)(NC(=O)c2ccccc2)C(C)=C1. The van der Waals surface area contributed by atoms with Crippen molar-refractivity contribution in [2.24, 2.45) is 11.5 Å². The Labute approximate surface area is 164 Å². The van der Waals surface area contributed by atoms with Crippen molar-refractivity contribution in [1.29, 1.82) is 0 Å². The van der Waals surface area contributed by atoms with E-state index in [4.69, 9.17) is 11.5 Å². The minimum Gasteiger partial charge on any atom is -0.327 e. The van der Waals surface area contributed by atoms with Crippen LogP contribution in [0.25, 0.3) is 0 Å². The summed E-state index contributed by atoms with van der Waals surface area (Å²) in [5.41, 5.74) is 12.5. The molecule has 0 aromatic heterocycles. The molecule has 1 aliphatic carbocycles. The summed E-state index contributed by atoms with van der Waals surface area (Å²) < 4.78 is 0. The monoisotopic (exact) mass is 376 g/mol. The van der Waals surface area contributed by atoms with Crippen LogP contribution in [0.15, 0.2) is 84.0 Å². The molecular formula is C22H24N4O2. The zero-order valence-corrected chi connectivity index (χ0v) is 15.9. The van der Waals surface area contributed by atoms with Crippen LogP contribution in [-0.2, 0) is 0 Å². The van der Waals surface area contributed by atoms with Crippen LogP contribution in [0.2, 0.25) is 0 Å². The number of nitrogens with one attached hydrogen (secondary N) is 2. The third-order valence-electron chi connectivity index (χ3n) is 4.88. The number of amides is 2. The average molecular weight is 376 g/mol. The lowest BCUT2D eigenvalue weighted by Gasteiger charge is -2.47. The molecule has 6 N–H and O–H groups in total. The van der Waals surface area contributed by atoms with Crippen molar-refractivity contribution in [1.82, 2.24) is 10.6 Å². The Morgan fingerprint density at radius 2 is 1.25 bits per heavy atom. The van der Waals surface area contributed by atoms with Crippen LogP contribution >= 0.6 is 0 Å². The summed E-state index contributed by atoms with van der Waals surface area (Å²) in [6.45, 7) is 3.64. The molecule has 28 heavy (non-hydrogen) atoms. The van der Waals surface area contributed by atoms with E-state index in [0.717, 1.165) is 5.57 Å². The van der Waals surface area contributed by atoms with Crippen LogP contribution in [0.3, 0.4) is 0 Å². The van der Waals surface area contributed by atoms with Crippen LogP contribution in [0.4, 0.5) is 0 Å². The molecule has 6 heteroatoms. The highest BCUT2D eigenvalue weighted by Crippen LogP contribution is 2.30. The number of hydrogen-bond donors (Lipinski definition) is 4. The van der Waals surface area contributed by atoms with E-state index >= 15 is 0 Å². The summed E-state index contributed by atoms with van der Waals surface area (Å²) in [6.07, 6.45) is 3.50. The van der Waals surface area contributed by atoms with Gasteiger partial charge in [0, 0.05) is 11.1 Å². The van der Waals surface area contributed by atoms with Gasteiger partial charge in [-0.25, -0.2) is 0 Å². The van der Waals surface area contributed by atoms with Crippen LogP contribution in [0, 0.1) is 0 Å². The number of carbonyl (C=O) groups is 2. The Morgan fingerprint density at radius 1 is 0.786 bits per heavy atom. The molecule has 6 nitrogen and oxygen atoms in total. The van der Waals surface area contributed by atoms with Gasteiger partial charge in [-0.15, -0.1) is 0 Å². The first kappa shape index (κ1) is 19.5. The minimum atomic E-state index is -1.52. The van der Waals surface area contributed by atoms with Gasteiger partial charge in [0.1, 0.15) is 5.66 Å². The highest BCUT2D eigenvalue weighted by Gasteiger charge is 2.50. The second kappa shape index (κ2) is 7.42. The first-order chi connectivity index (χ1) is 13.2. The topological polar surface area (TPSA) is 110 Å². The molecule has 2 unspecified atom stereocenters.